The van der Waals surface area contributed by atoms with Crippen molar-refractivity contribution < 1.29 is 24.2 Å². The van der Waals surface area contributed by atoms with Gasteiger partial charge in [-0.1, -0.05) is 13.8 Å². The first-order valence-electron chi connectivity index (χ1n) is 7.80. The number of nitrogens with one attached hydrogen (secondary N) is 1. The van der Waals surface area contributed by atoms with Crippen molar-refractivity contribution in [2.24, 2.45) is 5.92 Å². The first-order chi connectivity index (χ1) is 11.9. The number of fused-ring (bicyclic) bond motifs is 1. The number of thiazole rings is 1. The molecule has 1 aromatic carbocycles. The molecule has 25 heavy (non-hydrogen) atoms. The quantitative estimate of drug-likeness (QED) is 0.818. The molecule has 132 valence electrons. The van der Waals surface area contributed by atoms with Gasteiger partial charge in [0, 0.05) is 10.9 Å². The number of benzene rings is 1. The third kappa shape index (κ3) is 3.90. The minimum absolute atomic E-state index is 0.0392. The number of amides is 1. The van der Waals surface area contributed by atoms with Crippen LogP contribution in [-0.4, -0.2) is 34.8 Å². The predicted molar refractivity (Wildman–Crippen MR) is 91.8 cm³/mol. The molecule has 0 fully saturated rings. The summed E-state index contributed by atoms with van der Waals surface area (Å²) in [7, 11) is 0. The molecule has 8 heteroatoms. The number of carboxylic acid groups (broad SMARTS) is 1. The molecule has 2 N–H and O–H groups in total. The highest BCUT2D eigenvalue weighted by molar-refractivity contribution is 7.13. The molecule has 1 atom stereocenters. The first kappa shape index (κ1) is 17.2. The van der Waals surface area contributed by atoms with Crippen LogP contribution < -0.4 is 14.8 Å². The summed E-state index contributed by atoms with van der Waals surface area (Å²) in [6.45, 7) is 3.71. The van der Waals surface area contributed by atoms with E-state index < -0.39 is 12.0 Å². The Kier molecular flexibility index (Phi) is 4.89. The van der Waals surface area contributed by atoms with E-state index in [0.29, 0.717) is 17.2 Å². The molecule has 1 aliphatic heterocycles. The Labute approximate surface area is 148 Å². The molecule has 0 radical (unpaired) electrons. The van der Waals surface area contributed by atoms with Crippen molar-refractivity contribution in [3.8, 4) is 22.1 Å². The Morgan fingerprint density at radius 2 is 2.08 bits per heavy atom. The van der Waals surface area contributed by atoms with Gasteiger partial charge < -0.3 is 19.9 Å². The van der Waals surface area contributed by atoms with E-state index in [1.165, 1.54) is 11.3 Å². The van der Waals surface area contributed by atoms with Crippen molar-refractivity contribution in [3.63, 3.8) is 0 Å². The Morgan fingerprint density at radius 3 is 2.80 bits per heavy atom. The zero-order valence-electron chi connectivity index (χ0n) is 13.8. The molecule has 0 bridgehead atoms. The van der Waals surface area contributed by atoms with Crippen LogP contribution in [0.3, 0.4) is 0 Å². The molecule has 2 heterocycles. The monoisotopic (exact) mass is 362 g/mol. The number of carbonyl (C=O) groups is 2. The molecule has 2 aromatic rings. The maximum Gasteiger partial charge on any atom is 0.326 e. The van der Waals surface area contributed by atoms with Crippen molar-refractivity contribution in [2.75, 3.05) is 6.79 Å². The number of rotatable bonds is 6. The van der Waals surface area contributed by atoms with Crippen molar-refractivity contribution in [2.45, 2.75) is 26.3 Å². The van der Waals surface area contributed by atoms with Crippen LogP contribution in [0.4, 0.5) is 0 Å². The zero-order chi connectivity index (χ0) is 18.0. The van der Waals surface area contributed by atoms with Gasteiger partial charge in [-0.25, -0.2) is 9.78 Å². The van der Waals surface area contributed by atoms with E-state index in [-0.39, 0.29) is 25.0 Å². The SMILES string of the molecule is CC(C)[C@@H](NC(=O)Cc1csc(-c2ccc3c(c2)OCO3)n1)C(=O)O. The third-order valence-electron chi connectivity index (χ3n) is 3.76. The van der Waals surface area contributed by atoms with E-state index >= 15 is 0 Å². The fraction of sp³-hybridized carbons (Fsp3) is 0.353. The van der Waals surface area contributed by atoms with Gasteiger partial charge in [0.15, 0.2) is 11.5 Å². The summed E-state index contributed by atoms with van der Waals surface area (Å²) in [6, 6.07) is 4.66. The van der Waals surface area contributed by atoms with Crippen LogP contribution in [0.25, 0.3) is 10.6 Å². The lowest BCUT2D eigenvalue weighted by molar-refractivity contribution is -0.143. The molecular formula is C17H18N2O5S. The maximum absolute atomic E-state index is 12.1. The second-order valence-corrected chi connectivity index (χ2v) is 6.87. The summed E-state index contributed by atoms with van der Waals surface area (Å²) in [5.74, 6) is -0.214. The number of nitrogens with zero attached hydrogens (tertiary/aromatic N) is 1. The molecule has 0 saturated carbocycles. The summed E-state index contributed by atoms with van der Waals surface area (Å²) in [5, 5.41) is 14.2. The Hall–Kier alpha value is -2.61. The number of aromatic nitrogens is 1. The molecular weight excluding hydrogens is 344 g/mol. The van der Waals surface area contributed by atoms with Gasteiger partial charge in [-0.15, -0.1) is 11.3 Å². The summed E-state index contributed by atoms with van der Waals surface area (Å²) >= 11 is 1.42. The number of hydrogen-bond acceptors (Lipinski definition) is 6. The minimum Gasteiger partial charge on any atom is -0.480 e. The lowest BCUT2D eigenvalue weighted by Gasteiger charge is -2.17. The van der Waals surface area contributed by atoms with Crippen molar-refractivity contribution >= 4 is 23.2 Å². The lowest BCUT2D eigenvalue weighted by Crippen LogP contribution is -2.44. The van der Waals surface area contributed by atoms with Gasteiger partial charge in [0.25, 0.3) is 0 Å². The highest BCUT2D eigenvalue weighted by Gasteiger charge is 2.24. The topological polar surface area (TPSA) is 97.8 Å². The second kappa shape index (κ2) is 7.10. The second-order valence-electron chi connectivity index (χ2n) is 6.02. The summed E-state index contributed by atoms with van der Waals surface area (Å²) in [5.41, 5.74) is 1.48. The highest BCUT2D eigenvalue weighted by atomic mass is 32.1. The summed E-state index contributed by atoms with van der Waals surface area (Å²) in [6.07, 6.45) is 0.0392. The number of ether oxygens (including phenoxy) is 2. The largest absolute Gasteiger partial charge is 0.480 e. The van der Waals surface area contributed by atoms with Crippen LogP contribution in [0.2, 0.25) is 0 Å². The van der Waals surface area contributed by atoms with Gasteiger partial charge >= 0.3 is 5.97 Å². The van der Waals surface area contributed by atoms with E-state index in [2.05, 4.69) is 10.3 Å². The standard InChI is InChI=1S/C17H18N2O5S/c1-9(2)15(17(21)22)19-14(20)6-11-7-25-16(18-11)10-3-4-12-13(5-10)24-8-23-12/h3-5,7,9,15H,6,8H2,1-2H3,(H,19,20)(H,21,22)/t15-/m1/s1. The average Bonchev–Trinajstić information content (AvgIpc) is 3.20. The van der Waals surface area contributed by atoms with Crippen LogP contribution in [0, 0.1) is 5.92 Å². The van der Waals surface area contributed by atoms with Crippen molar-refractivity contribution in [3.05, 3.63) is 29.3 Å². The summed E-state index contributed by atoms with van der Waals surface area (Å²) in [4.78, 5) is 27.7. The van der Waals surface area contributed by atoms with Gasteiger partial charge in [0.1, 0.15) is 11.0 Å². The molecule has 0 aliphatic carbocycles. The van der Waals surface area contributed by atoms with Gasteiger partial charge in [0.2, 0.25) is 12.7 Å². The molecule has 0 spiro atoms. The van der Waals surface area contributed by atoms with Crippen molar-refractivity contribution in [1.82, 2.24) is 10.3 Å². The van der Waals surface area contributed by atoms with Crippen LogP contribution in [0.1, 0.15) is 19.5 Å². The molecule has 0 unspecified atom stereocenters. The van der Waals surface area contributed by atoms with E-state index in [1.54, 1.807) is 19.2 Å². The minimum atomic E-state index is -1.04. The van der Waals surface area contributed by atoms with Crippen LogP contribution in [0.5, 0.6) is 11.5 Å². The number of aliphatic carboxylic acids is 1. The molecule has 1 amide bonds. The Morgan fingerprint density at radius 1 is 1.32 bits per heavy atom. The van der Waals surface area contributed by atoms with Crippen molar-refractivity contribution in [1.29, 1.82) is 0 Å². The van der Waals surface area contributed by atoms with E-state index in [1.807, 2.05) is 18.2 Å². The molecule has 1 aliphatic rings. The molecule has 7 nitrogen and oxygen atoms in total. The van der Waals surface area contributed by atoms with E-state index in [0.717, 1.165) is 10.6 Å². The summed E-state index contributed by atoms with van der Waals surface area (Å²) < 4.78 is 10.6. The normalized spacial score (nSPS) is 13.7. The highest BCUT2D eigenvalue weighted by Crippen LogP contribution is 2.36. The first-order valence-corrected chi connectivity index (χ1v) is 8.68. The fourth-order valence-corrected chi connectivity index (χ4v) is 3.27. The molecule has 3 rings (SSSR count). The predicted octanol–water partition coefficient (Wildman–Crippen LogP) is 2.31. The van der Waals surface area contributed by atoms with Crippen LogP contribution >= 0.6 is 11.3 Å². The average molecular weight is 362 g/mol. The molecule has 1 aromatic heterocycles. The lowest BCUT2D eigenvalue weighted by atomic mass is 10.0. The number of carboxylic acids is 1. The maximum atomic E-state index is 12.1. The Bertz CT molecular complexity index is 802. The molecule has 0 saturated heterocycles. The van der Waals surface area contributed by atoms with Gasteiger partial charge in [-0.05, 0) is 24.1 Å². The van der Waals surface area contributed by atoms with E-state index in [9.17, 15) is 9.59 Å². The van der Waals surface area contributed by atoms with Gasteiger partial charge in [0.05, 0.1) is 12.1 Å². The zero-order valence-corrected chi connectivity index (χ0v) is 14.6. The van der Waals surface area contributed by atoms with Crippen LogP contribution in [0.15, 0.2) is 23.6 Å². The third-order valence-corrected chi connectivity index (χ3v) is 4.70. The number of hydrogen-bond donors (Lipinski definition) is 2. The number of carbonyl (C=O) groups excluding carboxylic acids is 1. The fourth-order valence-electron chi connectivity index (χ4n) is 2.45. The Balaban J connectivity index is 1.67. The smallest absolute Gasteiger partial charge is 0.326 e. The van der Waals surface area contributed by atoms with Gasteiger partial charge in [-0.2, -0.15) is 0 Å². The van der Waals surface area contributed by atoms with E-state index in [4.69, 9.17) is 14.6 Å². The van der Waals surface area contributed by atoms with Gasteiger partial charge in [-0.3, -0.25) is 4.79 Å². The van der Waals surface area contributed by atoms with Crippen LogP contribution in [-0.2, 0) is 16.0 Å².